The van der Waals surface area contributed by atoms with Crippen molar-refractivity contribution in [2.75, 3.05) is 31.0 Å². The summed E-state index contributed by atoms with van der Waals surface area (Å²) >= 11 is 0. The Labute approximate surface area is 145 Å². The van der Waals surface area contributed by atoms with Crippen LogP contribution in [0.2, 0.25) is 0 Å². The Morgan fingerprint density at radius 1 is 1.08 bits per heavy atom. The van der Waals surface area contributed by atoms with Gasteiger partial charge >= 0.3 is 0 Å². The minimum absolute atomic E-state index is 0.0532. The fourth-order valence-corrected chi connectivity index (χ4v) is 2.29. The van der Waals surface area contributed by atoms with Crippen molar-refractivity contribution in [3.8, 4) is 11.5 Å². The van der Waals surface area contributed by atoms with Gasteiger partial charge in [-0.25, -0.2) is 4.39 Å². The first-order valence-corrected chi connectivity index (χ1v) is 7.50. The summed E-state index contributed by atoms with van der Waals surface area (Å²) in [5, 5.41) is 2.65. The second-order valence-electron chi connectivity index (χ2n) is 5.17. The van der Waals surface area contributed by atoms with Crippen LogP contribution in [0.1, 0.15) is 6.92 Å². The van der Waals surface area contributed by atoms with Crippen LogP contribution in [0.25, 0.3) is 0 Å². The summed E-state index contributed by atoms with van der Waals surface area (Å²) in [6.07, 6.45) is 0. The van der Waals surface area contributed by atoms with E-state index in [-0.39, 0.29) is 12.2 Å². The third kappa shape index (κ3) is 4.47. The van der Waals surface area contributed by atoms with Gasteiger partial charge in [0, 0.05) is 18.7 Å². The number of nitrogens with one attached hydrogen (secondary N) is 1. The Balaban J connectivity index is 2.15. The van der Waals surface area contributed by atoms with Gasteiger partial charge in [-0.3, -0.25) is 9.59 Å². The highest BCUT2D eigenvalue weighted by atomic mass is 19.1. The van der Waals surface area contributed by atoms with E-state index in [9.17, 15) is 14.0 Å². The molecule has 0 heterocycles. The van der Waals surface area contributed by atoms with Crippen LogP contribution in [-0.4, -0.2) is 32.6 Å². The number of rotatable bonds is 6. The molecule has 0 atom stereocenters. The van der Waals surface area contributed by atoms with Crippen LogP contribution in [0.5, 0.6) is 11.5 Å². The second-order valence-corrected chi connectivity index (χ2v) is 5.17. The highest BCUT2D eigenvalue weighted by Crippen LogP contribution is 2.29. The van der Waals surface area contributed by atoms with Crippen LogP contribution in [0.4, 0.5) is 15.8 Å². The molecule has 6 nitrogen and oxygen atoms in total. The van der Waals surface area contributed by atoms with Crippen molar-refractivity contribution >= 4 is 23.2 Å². The van der Waals surface area contributed by atoms with Gasteiger partial charge in [-0.05, 0) is 24.3 Å². The molecule has 0 unspecified atom stereocenters. The Bertz CT molecular complexity index is 779. The molecule has 0 aliphatic carbocycles. The topological polar surface area (TPSA) is 67.9 Å². The average molecular weight is 346 g/mol. The summed E-state index contributed by atoms with van der Waals surface area (Å²) in [7, 11) is 2.99. The molecule has 0 aliphatic heterocycles. The highest BCUT2D eigenvalue weighted by Gasteiger charge is 2.19. The van der Waals surface area contributed by atoms with Crippen molar-refractivity contribution in [3.05, 3.63) is 48.3 Å². The molecule has 132 valence electrons. The van der Waals surface area contributed by atoms with E-state index >= 15 is 0 Å². The molecule has 7 heteroatoms. The number of carbonyl (C=O) groups is 2. The number of hydrogen-bond acceptors (Lipinski definition) is 4. The lowest BCUT2D eigenvalue weighted by Crippen LogP contribution is -2.37. The summed E-state index contributed by atoms with van der Waals surface area (Å²) in [6, 6.07) is 10.7. The normalized spacial score (nSPS) is 10.1. The number of anilines is 2. The number of nitrogens with zero attached hydrogens (tertiary/aromatic N) is 1. The summed E-state index contributed by atoms with van der Waals surface area (Å²) in [5.74, 6) is -0.495. The predicted octanol–water partition coefficient (Wildman–Crippen LogP) is 2.83. The summed E-state index contributed by atoms with van der Waals surface area (Å²) in [6.45, 7) is 0.959. The Morgan fingerprint density at radius 3 is 2.36 bits per heavy atom. The fourth-order valence-electron chi connectivity index (χ4n) is 2.29. The zero-order valence-corrected chi connectivity index (χ0v) is 14.2. The summed E-state index contributed by atoms with van der Waals surface area (Å²) in [5.41, 5.74) is 0.525. The number of halogens is 1. The minimum atomic E-state index is -0.573. The Morgan fingerprint density at radius 2 is 1.76 bits per heavy atom. The first kappa shape index (κ1) is 18.3. The highest BCUT2D eigenvalue weighted by molar-refractivity contribution is 6.01. The van der Waals surface area contributed by atoms with E-state index < -0.39 is 17.6 Å². The summed E-state index contributed by atoms with van der Waals surface area (Å²) < 4.78 is 24.2. The van der Waals surface area contributed by atoms with E-state index in [1.165, 1.54) is 39.3 Å². The summed E-state index contributed by atoms with van der Waals surface area (Å²) in [4.78, 5) is 25.2. The Hall–Kier alpha value is -3.09. The predicted molar refractivity (Wildman–Crippen MR) is 92.6 cm³/mol. The van der Waals surface area contributed by atoms with Crippen LogP contribution in [0, 0.1) is 5.82 Å². The van der Waals surface area contributed by atoms with Crippen LogP contribution in [0.15, 0.2) is 42.5 Å². The minimum Gasteiger partial charge on any atom is -0.493 e. The van der Waals surface area contributed by atoms with E-state index in [0.29, 0.717) is 17.2 Å². The molecule has 2 amide bonds. The number of benzene rings is 2. The van der Waals surface area contributed by atoms with Crippen molar-refractivity contribution in [3.63, 3.8) is 0 Å². The van der Waals surface area contributed by atoms with E-state index in [4.69, 9.17) is 9.47 Å². The smallest absolute Gasteiger partial charge is 0.244 e. The molecule has 0 saturated carbocycles. The van der Waals surface area contributed by atoms with Crippen molar-refractivity contribution in [1.29, 1.82) is 0 Å². The molecule has 25 heavy (non-hydrogen) atoms. The number of amides is 2. The van der Waals surface area contributed by atoms with E-state index in [2.05, 4.69) is 5.32 Å². The third-order valence-corrected chi connectivity index (χ3v) is 3.49. The van der Waals surface area contributed by atoms with Gasteiger partial charge in [0.15, 0.2) is 11.5 Å². The van der Waals surface area contributed by atoms with Crippen LogP contribution >= 0.6 is 0 Å². The van der Waals surface area contributed by atoms with Crippen LogP contribution in [0.3, 0.4) is 0 Å². The molecule has 0 aromatic heterocycles. The van der Waals surface area contributed by atoms with Gasteiger partial charge in [0.25, 0.3) is 0 Å². The SMILES string of the molecule is COc1ccc(NC(=O)CN(C(C)=O)c2ccccc2F)cc1OC. The molecular formula is C18H19FN2O4. The van der Waals surface area contributed by atoms with Crippen molar-refractivity contribution in [2.45, 2.75) is 6.92 Å². The van der Waals surface area contributed by atoms with Gasteiger partial charge < -0.3 is 19.7 Å². The van der Waals surface area contributed by atoms with Gasteiger partial charge in [-0.2, -0.15) is 0 Å². The molecule has 0 aliphatic rings. The molecule has 0 spiro atoms. The van der Waals surface area contributed by atoms with Crippen molar-refractivity contribution in [1.82, 2.24) is 0 Å². The maximum absolute atomic E-state index is 13.9. The Kier molecular flexibility index (Phi) is 5.94. The number of hydrogen-bond donors (Lipinski definition) is 1. The molecule has 2 rings (SSSR count). The zero-order valence-electron chi connectivity index (χ0n) is 14.2. The molecule has 1 N–H and O–H groups in total. The van der Waals surface area contributed by atoms with Crippen molar-refractivity contribution in [2.24, 2.45) is 0 Å². The number of para-hydroxylation sites is 1. The molecule has 2 aromatic rings. The lowest BCUT2D eigenvalue weighted by atomic mass is 10.2. The van der Waals surface area contributed by atoms with Gasteiger partial charge in [-0.1, -0.05) is 12.1 Å². The van der Waals surface area contributed by atoms with Gasteiger partial charge in [0.1, 0.15) is 12.4 Å². The number of ether oxygens (including phenoxy) is 2. The molecule has 0 radical (unpaired) electrons. The van der Waals surface area contributed by atoms with E-state index in [1.54, 1.807) is 24.3 Å². The van der Waals surface area contributed by atoms with Gasteiger partial charge in [0.05, 0.1) is 19.9 Å². The first-order chi connectivity index (χ1) is 12.0. The molecular weight excluding hydrogens is 327 g/mol. The quantitative estimate of drug-likeness (QED) is 0.873. The number of methoxy groups -OCH3 is 2. The lowest BCUT2D eigenvalue weighted by molar-refractivity contribution is -0.120. The third-order valence-electron chi connectivity index (χ3n) is 3.49. The van der Waals surface area contributed by atoms with Crippen LogP contribution < -0.4 is 19.7 Å². The van der Waals surface area contributed by atoms with Gasteiger partial charge in [-0.15, -0.1) is 0 Å². The maximum atomic E-state index is 13.9. The van der Waals surface area contributed by atoms with Crippen LogP contribution in [-0.2, 0) is 9.59 Å². The van der Waals surface area contributed by atoms with E-state index in [1.807, 2.05) is 0 Å². The molecule has 0 fully saturated rings. The lowest BCUT2D eigenvalue weighted by Gasteiger charge is -2.21. The molecule has 2 aromatic carbocycles. The zero-order chi connectivity index (χ0) is 18.4. The molecule has 0 saturated heterocycles. The average Bonchev–Trinajstić information content (AvgIpc) is 2.60. The van der Waals surface area contributed by atoms with Crippen molar-refractivity contribution < 1.29 is 23.5 Å². The fraction of sp³-hybridized carbons (Fsp3) is 0.222. The van der Waals surface area contributed by atoms with E-state index in [0.717, 1.165) is 4.90 Å². The second kappa shape index (κ2) is 8.14. The standard InChI is InChI=1S/C18H19FN2O4/c1-12(22)21(15-7-5-4-6-14(15)19)11-18(23)20-13-8-9-16(24-2)17(10-13)25-3/h4-10H,11H2,1-3H3,(H,20,23). The monoisotopic (exact) mass is 346 g/mol. The molecule has 0 bridgehead atoms. The maximum Gasteiger partial charge on any atom is 0.244 e. The first-order valence-electron chi connectivity index (χ1n) is 7.50. The number of carbonyl (C=O) groups excluding carboxylic acids is 2. The van der Waals surface area contributed by atoms with Gasteiger partial charge in [0.2, 0.25) is 11.8 Å². The largest absolute Gasteiger partial charge is 0.493 e.